The molecule has 4 rings (SSSR count). The summed E-state index contributed by atoms with van der Waals surface area (Å²) in [6, 6.07) is 26.6. The van der Waals surface area contributed by atoms with E-state index in [0.717, 1.165) is 31.7 Å². The number of benzene rings is 3. The first-order valence-electron chi connectivity index (χ1n) is 9.54. The first-order valence-corrected chi connectivity index (χ1v) is 11.3. The van der Waals surface area contributed by atoms with E-state index in [2.05, 4.69) is 98.5 Å². The molecule has 6 heteroatoms. The van der Waals surface area contributed by atoms with Crippen molar-refractivity contribution in [1.82, 2.24) is 9.13 Å². The zero-order valence-electron chi connectivity index (χ0n) is 16.7. The predicted molar refractivity (Wildman–Crippen MR) is 126 cm³/mol. The Morgan fingerprint density at radius 3 is 1.90 bits per heavy atom. The molecule has 3 aromatic carbocycles. The van der Waals surface area contributed by atoms with Gasteiger partial charge in [0.2, 0.25) is 0 Å². The summed E-state index contributed by atoms with van der Waals surface area (Å²) in [6.45, 7) is 4.14. The van der Waals surface area contributed by atoms with Crippen molar-refractivity contribution in [2.45, 2.75) is 13.8 Å². The third-order valence-corrected chi connectivity index (χ3v) is 6.23. The van der Waals surface area contributed by atoms with Crippen molar-refractivity contribution < 1.29 is 0 Å². The van der Waals surface area contributed by atoms with Crippen LogP contribution in [0.3, 0.4) is 0 Å². The number of rotatable bonds is 4. The maximum atomic E-state index is 6.71. The van der Waals surface area contributed by atoms with E-state index in [0.29, 0.717) is 5.82 Å². The fraction of sp³-hybridized carbons (Fsp3) is 0.0833. The number of nitrogens with zero attached hydrogens (tertiary/aromatic N) is 3. The zero-order chi connectivity index (χ0) is 21.3. The molecule has 0 saturated heterocycles. The Bertz CT molecular complexity index is 1270. The Labute approximate surface area is 192 Å². The van der Waals surface area contributed by atoms with Gasteiger partial charge in [0.1, 0.15) is 0 Å². The number of aryl methyl sites for hydroxylation is 2. The average Bonchev–Trinajstić information content (AvgIpc) is 3.01. The number of aromatic nitrogens is 2. The topological polar surface area (TPSA) is 48.2 Å². The monoisotopic (exact) mass is 525 g/mol. The number of hydrogen-bond acceptors (Lipinski definition) is 2. The van der Waals surface area contributed by atoms with E-state index in [1.807, 2.05) is 34.9 Å². The molecule has 149 valence electrons. The molecular weight excluding hydrogens is 502 g/mol. The van der Waals surface area contributed by atoms with Crippen LogP contribution in [0.1, 0.15) is 16.8 Å². The van der Waals surface area contributed by atoms with Crippen LogP contribution in [0.4, 0.5) is 11.5 Å². The Kier molecular flexibility index (Phi) is 5.94. The van der Waals surface area contributed by atoms with Gasteiger partial charge in [-0.25, -0.2) is 0 Å². The number of hydrogen-bond donors (Lipinski definition) is 1. The van der Waals surface area contributed by atoms with Crippen molar-refractivity contribution >= 4 is 47.7 Å². The van der Waals surface area contributed by atoms with E-state index >= 15 is 0 Å². The maximum absolute atomic E-state index is 6.71. The summed E-state index contributed by atoms with van der Waals surface area (Å²) < 4.78 is 5.72. The molecule has 0 saturated carbocycles. The molecule has 1 radical (unpaired) electrons. The van der Waals surface area contributed by atoms with Gasteiger partial charge in [0.25, 0.3) is 0 Å². The molecule has 2 N–H and O–H groups in total. The van der Waals surface area contributed by atoms with E-state index in [1.54, 1.807) is 0 Å². The average molecular weight is 523 g/mol. The van der Waals surface area contributed by atoms with Gasteiger partial charge in [0.15, 0.2) is 0 Å². The Balaban J connectivity index is 1.96. The molecule has 0 spiro atoms. The molecule has 0 atom stereocenters. The third kappa shape index (κ3) is 4.00. The molecule has 0 unspecified atom stereocenters. The standard InChI is InChI=1S/C24H21N4Se2/c1-16-8-12-18(13-9-16)26-23(29)21-22(25)28(20-14-10-17(2)11-15-20)24(30)27(21)19-6-4-3-5-7-19/h3-15H,25H2,1-2H3. The van der Waals surface area contributed by atoms with Crippen LogP contribution in [-0.4, -0.2) is 45.3 Å². The van der Waals surface area contributed by atoms with Crippen LogP contribution < -0.4 is 5.73 Å². The number of aliphatic imine (C=N–C) groups is 1. The number of nitrogens with two attached hydrogens (primary N) is 1. The fourth-order valence-corrected chi connectivity index (χ4v) is 4.75. The molecule has 30 heavy (non-hydrogen) atoms. The molecule has 0 aliphatic carbocycles. The van der Waals surface area contributed by atoms with Gasteiger partial charge >= 0.3 is 193 Å². The van der Waals surface area contributed by atoms with Crippen molar-refractivity contribution in [3.63, 3.8) is 0 Å². The molecule has 4 nitrogen and oxygen atoms in total. The second kappa shape index (κ2) is 8.63. The Hall–Kier alpha value is -2.62. The Morgan fingerprint density at radius 1 is 0.767 bits per heavy atom. The summed E-state index contributed by atoms with van der Waals surface area (Å²) in [7, 11) is 0. The van der Waals surface area contributed by atoms with Crippen molar-refractivity contribution in [2.75, 3.05) is 5.73 Å². The van der Waals surface area contributed by atoms with Crippen molar-refractivity contribution in [2.24, 2.45) is 4.99 Å². The van der Waals surface area contributed by atoms with Crippen molar-refractivity contribution in [3.8, 4) is 11.4 Å². The summed E-state index contributed by atoms with van der Waals surface area (Å²) in [5.74, 6) is 0.612. The molecule has 0 amide bonds. The minimum atomic E-state index is 0.612. The van der Waals surface area contributed by atoms with Crippen LogP contribution in [0.15, 0.2) is 83.9 Å². The number of nitrogen functional groups attached to an aromatic ring is 1. The quantitative estimate of drug-likeness (QED) is 0.313. The van der Waals surface area contributed by atoms with Crippen LogP contribution in [0, 0.1) is 18.2 Å². The summed E-state index contributed by atoms with van der Waals surface area (Å²) >= 11 is 6.35. The molecule has 0 fully saturated rings. The fourth-order valence-electron chi connectivity index (χ4n) is 3.27. The summed E-state index contributed by atoms with van der Waals surface area (Å²) in [6.07, 6.45) is 0. The first-order chi connectivity index (χ1) is 14.5. The molecule has 1 heterocycles. The van der Waals surface area contributed by atoms with E-state index in [1.165, 1.54) is 11.1 Å². The molecule has 4 aromatic rings. The van der Waals surface area contributed by atoms with Gasteiger partial charge in [-0.05, 0) is 0 Å². The van der Waals surface area contributed by atoms with Crippen LogP contribution >= 0.6 is 0 Å². The van der Waals surface area contributed by atoms with Crippen molar-refractivity contribution in [1.29, 1.82) is 0 Å². The summed E-state index contributed by atoms with van der Waals surface area (Å²) in [5.41, 5.74) is 12.8. The minimum absolute atomic E-state index is 0.612. The van der Waals surface area contributed by atoms with Crippen LogP contribution in [0.5, 0.6) is 0 Å². The Morgan fingerprint density at radius 2 is 1.30 bits per heavy atom. The SMILES string of the molecule is Cc1ccc(N=C([Se])c2c(N)n(-c3ccc(C)cc3)c(=[Se])n2-c2ccccc2)cc1. The summed E-state index contributed by atoms with van der Waals surface area (Å²) in [5, 5.41) is 0. The van der Waals surface area contributed by atoms with Gasteiger partial charge in [0, 0.05) is 0 Å². The zero-order valence-corrected chi connectivity index (χ0v) is 20.2. The molecule has 0 aliphatic rings. The number of imidazole rings is 1. The molecule has 1 aromatic heterocycles. The van der Waals surface area contributed by atoms with Gasteiger partial charge in [-0.3, -0.25) is 0 Å². The number of para-hydroxylation sites is 1. The molecule has 0 bridgehead atoms. The van der Waals surface area contributed by atoms with Gasteiger partial charge in [-0.15, -0.1) is 0 Å². The van der Waals surface area contributed by atoms with E-state index in [4.69, 9.17) is 10.7 Å². The third-order valence-electron chi connectivity index (χ3n) is 4.86. The predicted octanol–water partition coefficient (Wildman–Crippen LogP) is 4.41. The van der Waals surface area contributed by atoms with Gasteiger partial charge < -0.3 is 0 Å². The van der Waals surface area contributed by atoms with Crippen LogP contribution in [-0.2, 0) is 0 Å². The molecular formula is C24H21N4Se2. The van der Waals surface area contributed by atoms with E-state index in [9.17, 15) is 0 Å². The van der Waals surface area contributed by atoms with E-state index < -0.39 is 0 Å². The first kappa shape index (κ1) is 20.6. The second-order valence-electron chi connectivity index (χ2n) is 7.11. The summed E-state index contributed by atoms with van der Waals surface area (Å²) in [4.78, 5) is 4.81. The van der Waals surface area contributed by atoms with Crippen LogP contribution in [0.2, 0.25) is 0 Å². The van der Waals surface area contributed by atoms with Gasteiger partial charge in [-0.1, -0.05) is 0 Å². The van der Waals surface area contributed by atoms with Gasteiger partial charge in [0.05, 0.1) is 0 Å². The van der Waals surface area contributed by atoms with Crippen LogP contribution in [0.25, 0.3) is 11.4 Å². The molecule has 0 aliphatic heterocycles. The normalized spacial score (nSPS) is 11.6. The second-order valence-corrected chi connectivity index (χ2v) is 8.69. The number of anilines is 1. The van der Waals surface area contributed by atoms with E-state index in [-0.39, 0.29) is 0 Å². The van der Waals surface area contributed by atoms with Gasteiger partial charge in [-0.2, -0.15) is 0 Å². The van der Waals surface area contributed by atoms with Crippen molar-refractivity contribution in [3.05, 3.63) is 100 Å².